The van der Waals surface area contributed by atoms with E-state index in [2.05, 4.69) is 9.88 Å². The number of aromatic nitrogens is 1. The van der Waals surface area contributed by atoms with Crippen LogP contribution in [0.25, 0.3) is 0 Å². The second-order valence-corrected chi connectivity index (χ2v) is 7.57. The Bertz CT molecular complexity index is 733. The highest BCUT2D eigenvalue weighted by molar-refractivity contribution is 7.89. The van der Waals surface area contributed by atoms with Gasteiger partial charge >= 0.3 is 6.09 Å². The van der Waals surface area contributed by atoms with Gasteiger partial charge in [-0.05, 0) is 20.8 Å². The lowest BCUT2D eigenvalue weighted by atomic mass is 10.3. The van der Waals surface area contributed by atoms with Crippen molar-refractivity contribution in [3.63, 3.8) is 0 Å². The molecule has 1 aliphatic rings. The molecular formula is C15H24N4O6S. The molecule has 1 aromatic heterocycles. The fourth-order valence-corrected chi connectivity index (χ4v) is 4.09. The molecule has 0 saturated carbocycles. The normalized spacial score (nSPS) is 15.2. The van der Waals surface area contributed by atoms with Crippen molar-refractivity contribution in [2.45, 2.75) is 32.1 Å². The number of hydrogen-bond donors (Lipinski definition) is 1. The molecule has 0 atom stereocenters. The first kappa shape index (κ1) is 20.2. The van der Waals surface area contributed by atoms with Crippen LogP contribution in [0.3, 0.4) is 0 Å². The third kappa shape index (κ3) is 4.73. The van der Waals surface area contributed by atoms with Gasteiger partial charge in [0, 0.05) is 39.1 Å². The average molecular weight is 388 g/mol. The van der Waals surface area contributed by atoms with Crippen molar-refractivity contribution in [3.8, 4) is 0 Å². The quantitative estimate of drug-likeness (QED) is 0.742. The highest BCUT2D eigenvalue weighted by Gasteiger charge is 2.26. The topological polar surface area (TPSA) is 122 Å². The molecule has 0 bridgehead atoms. The Morgan fingerprint density at radius 2 is 1.81 bits per heavy atom. The van der Waals surface area contributed by atoms with E-state index in [-0.39, 0.29) is 41.3 Å². The zero-order valence-corrected chi connectivity index (χ0v) is 16.0. The van der Waals surface area contributed by atoms with Crippen LogP contribution in [0.4, 0.5) is 4.79 Å². The van der Waals surface area contributed by atoms with Crippen LogP contribution in [0.15, 0.2) is 9.42 Å². The molecule has 0 unspecified atom stereocenters. The summed E-state index contributed by atoms with van der Waals surface area (Å²) in [6, 6.07) is 0. The van der Waals surface area contributed by atoms with Gasteiger partial charge in [0.25, 0.3) is 0 Å². The largest absolute Gasteiger partial charge is 0.450 e. The highest BCUT2D eigenvalue weighted by atomic mass is 32.2. The molecule has 26 heavy (non-hydrogen) atoms. The summed E-state index contributed by atoms with van der Waals surface area (Å²) in [4.78, 5) is 27.0. The number of sulfonamides is 1. The molecule has 0 aliphatic carbocycles. The van der Waals surface area contributed by atoms with E-state index >= 15 is 0 Å². The first-order valence-corrected chi connectivity index (χ1v) is 9.86. The number of aryl methyl sites for hydroxylation is 2. The lowest BCUT2D eigenvalue weighted by molar-refractivity contribution is -0.132. The van der Waals surface area contributed by atoms with Gasteiger partial charge < -0.3 is 19.1 Å². The van der Waals surface area contributed by atoms with Crippen LogP contribution in [0.2, 0.25) is 0 Å². The van der Waals surface area contributed by atoms with Crippen molar-refractivity contribution in [1.82, 2.24) is 19.7 Å². The van der Waals surface area contributed by atoms with Crippen LogP contribution >= 0.6 is 0 Å². The van der Waals surface area contributed by atoms with E-state index in [0.29, 0.717) is 32.8 Å². The Morgan fingerprint density at radius 3 is 2.35 bits per heavy atom. The molecule has 2 amide bonds. The van der Waals surface area contributed by atoms with E-state index in [9.17, 15) is 18.0 Å². The highest BCUT2D eigenvalue weighted by Crippen LogP contribution is 2.18. The Labute approximate surface area is 152 Å². The molecule has 1 N–H and O–H groups in total. The van der Waals surface area contributed by atoms with E-state index in [1.165, 1.54) is 6.92 Å². The fraction of sp³-hybridized carbons (Fsp3) is 0.667. The second-order valence-electron chi connectivity index (χ2n) is 5.87. The molecule has 2 heterocycles. The molecule has 0 aromatic carbocycles. The zero-order valence-electron chi connectivity index (χ0n) is 15.1. The minimum absolute atomic E-state index is 0.00741. The summed E-state index contributed by atoms with van der Waals surface area (Å²) in [5.41, 5.74) is 0.274. The number of amides is 2. The lowest BCUT2D eigenvalue weighted by Crippen LogP contribution is -2.51. The number of nitrogens with zero attached hydrogens (tertiary/aromatic N) is 3. The smallest absolute Gasteiger partial charge is 0.409 e. The number of hydrogen-bond acceptors (Lipinski definition) is 7. The van der Waals surface area contributed by atoms with Crippen LogP contribution in [0.5, 0.6) is 0 Å². The molecule has 1 saturated heterocycles. The minimum atomic E-state index is -3.78. The van der Waals surface area contributed by atoms with Gasteiger partial charge in [-0.15, -0.1) is 0 Å². The van der Waals surface area contributed by atoms with Crippen molar-refractivity contribution < 1.29 is 27.3 Å². The molecule has 11 heteroatoms. The number of nitrogens with one attached hydrogen (secondary N) is 1. The molecule has 2 rings (SSSR count). The molecule has 1 aromatic rings. The third-order valence-corrected chi connectivity index (χ3v) is 5.73. The predicted molar refractivity (Wildman–Crippen MR) is 91.0 cm³/mol. The maximum absolute atomic E-state index is 12.3. The van der Waals surface area contributed by atoms with E-state index in [4.69, 9.17) is 9.26 Å². The SMILES string of the molecule is CCOC(=O)N1CCN(C(=O)CCNS(=O)(=O)c2c(C)noc2C)CC1. The van der Waals surface area contributed by atoms with Gasteiger partial charge in [-0.2, -0.15) is 0 Å². The van der Waals surface area contributed by atoms with Crippen LogP contribution in [-0.2, 0) is 19.6 Å². The van der Waals surface area contributed by atoms with Gasteiger partial charge in [0.15, 0.2) is 5.76 Å². The first-order valence-electron chi connectivity index (χ1n) is 8.38. The Morgan fingerprint density at radius 1 is 1.19 bits per heavy atom. The lowest BCUT2D eigenvalue weighted by Gasteiger charge is -2.34. The maximum atomic E-state index is 12.3. The number of carbonyl (C=O) groups is 2. The molecule has 0 radical (unpaired) electrons. The molecule has 0 spiro atoms. The first-order chi connectivity index (χ1) is 12.3. The summed E-state index contributed by atoms with van der Waals surface area (Å²) >= 11 is 0. The minimum Gasteiger partial charge on any atom is -0.450 e. The van der Waals surface area contributed by atoms with E-state index in [0.717, 1.165) is 0 Å². The monoisotopic (exact) mass is 388 g/mol. The van der Waals surface area contributed by atoms with E-state index in [1.54, 1.807) is 23.6 Å². The fourth-order valence-electron chi connectivity index (χ4n) is 2.73. The Kier molecular flexibility index (Phi) is 6.59. The van der Waals surface area contributed by atoms with Crippen LogP contribution in [-0.4, -0.2) is 74.7 Å². The Hall–Kier alpha value is -2.14. The van der Waals surface area contributed by atoms with Crippen LogP contribution in [0, 0.1) is 13.8 Å². The van der Waals surface area contributed by atoms with Crippen molar-refractivity contribution in [3.05, 3.63) is 11.5 Å². The molecule has 10 nitrogen and oxygen atoms in total. The summed E-state index contributed by atoms with van der Waals surface area (Å²) in [7, 11) is -3.78. The standard InChI is InChI=1S/C15H24N4O6S/c1-4-24-15(21)19-9-7-18(8-10-19)13(20)5-6-16-26(22,23)14-11(2)17-25-12(14)3/h16H,4-10H2,1-3H3. The number of ether oxygens (including phenoxy) is 1. The summed E-state index contributed by atoms with van der Waals surface area (Å²) < 4.78 is 36.7. The van der Waals surface area contributed by atoms with Gasteiger partial charge in [0.05, 0.1) is 6.61 Å². The maximum Gasteiger partial charge on any atom is 0.409 e. The van der Waals surface area contributed by atoms with Crippen molar-refractivity contribution in [1.29, 1.82) is 0 Å². The van der Waals surface area contributed by atoms with Crippen LogP contribution < -0.4 is 4.72 Å². The molecule has 1 aliphatic heterocycles. The molecule has 1 fully saturated rings. The molecule has 146 valence electrons. The predicted octanol–water partition coefficient (Wildman–Crippen LogP) is 0.261. The van der Waals surface area contributed by atoms with Gasteiger partial charge in [-0.25, -0.2) is 17.9 Å². The van der Waals surface area contributed by atoms with E-state index < -0.39 is 10.0 Å². The number of piperazine rings is 1. The zero-order chi connectivity index (χ0) is 19.3. The summed E-state index contributed by atoms with van der Waals surface area (Å²) in [6.45, 7) is 6.67. The second kappa shape index (κ2) is 8.49. The van der Waals surface area contributed by atoms with Crippen molar-refractivity contribution >= 4 is 22.0 Å². The number of carbonyl (C=O) groups excluding carboxylic acids is 2. The summed E-state index contributed by atoms with van der Waals surface area (Å²) in [6.07, 6.45) is -0.353. The van der Waals surface area contributed by atoms with Gasteiger partial charge in [0.1, 0.15) is 10.6 Å². The number of rotatable bonds is 6. The van der Waals surface area contributed by atoms with Gasteiger partial charge in [-0.3, -0.25) is 4.79 Å². The van der Waals surface area contributed by atoms with Crippen molar-refractivity contribution in [2.75, 3.05) is 39.3 Å². The summed E-state index contributed by atoms with van der Waals surface area (Å²) in [5.74, 6) is 0.0337. The van der Waals surface area contributed by atoms with Crippen LogP contribution in [0.1, 0.15) is 24.8 Å². The summed E-state index contributed by atoms with van der Waals surface area (Å²) in [5, 5.41) is 3.62. The third-order valence-electron chi connectivity index (χ3n) is 4.03. The van der Waals surface area contributed by atoms with Gasteiger partial charge in [-0.1, -0.05) is 5.16 Å². The molecular weight excluding hydrogens is 364 g/mol. The van der Waals surface area contributed by atoms with Crippen molar-refractivity contribution in [2.24, 2.45) is 0 Å². The Balaban J connectivity index is 1.80. The van der Waals surface area contributed by atoms with Gasteiger partial charge in [0.2, 0.25) is 15.9 Å². The van der Waals surface area contributed by atoms with E-state index in [1.807, 2.05) is 0 Å². The average Bonchev–Trinajstić information content (AvgIpc) is 2.94.